The van der Waals surface area contributed by atoms with Crippen LogP contribution in [0.1, 0.15) is 0 Å². The van der Waals surface area contributed by atoms with Crippen LogP contribution in [0, 0.1) is 5.82 Å². The molecular formula is C12H10FNO3. The van der Waals surface area contributed by atoms with Crippen molar-refractivity contribution < 1.29 is 14.2 Å². The van der Waals surface area contributed by atoms with Crippen LogP contribution in [0.15, 0.2) is 41.5 Å². The summed E-state index contributed by atoms with van der Waals surface area (Å²) in [4.78, 5) is 11.0. The van der Waals surface area contributed by atoms with Crippen molar-refractivity contribution in [1.29, 1.82) is 0 Å². The van der Waals surface area contributed by atoms with Crippen LogP contribution in [0.2, 0.25) is 0 Å². The first-order valence-corrected chi connectivity index (χ1v) is 4.87. The molecule has 0 aliphatic carbocycles. The van der Waals surface area contributed by atoms with Gasteiger partial charge in [0.05, 0.1) is 19.0 Å². The molecule has 0 amide bonds. The summed E-state index contributed by atoms with van der Waals surface area (Å²) >= 11 is 0. The lowest BCUT2D eigenvalue weighted by Gasteiger charge is -2.09. The van der Waals surface area contributed by atoms with Gasteiger partial charge in [0.1, 0.15) is 11.6 Å². The summed E-state index contributed by atoms with van der Waals surface area (Å²) in [7, 11) is 1.47. The number of nitrogens with zero attached hydrogens (tertiary/aromatic N) is 1. The topological polar surface area (TPSA) is 51.5 Å². The molecule has 0 saturated heterocycles. The van der Waals surface area contributed by atoms with Crippen molar-refractivity contribution in [3.05, 3.63) is 52.7 Å². The molecule has 0 radical (unpaired) electrons. The summed E-state index contributed by atoms with van der Waals surface area (Å²) in [6, 6.07) is 5.37. The highest BCUT2D eigenvalue weighted by Crippen LogP contribution is 2.20. The second-order valence-electron chi connectivity index (χ2n) is 3.42. The third kappa shape index (κ3) is 2.13. The summed E-state index contributed by atoms with van der Waals surface area (Å²) in [6.07, 6.45) is 2.53. The maximum Gasteiger partial charge on any atom is 0.223 e. The van der Waals surface area contributed by atoms with E-state index < -0.39 is 17.0 Å². The molecule has 2 aromatic rings. The van der Waals surface area contributed by atoms with Crippen LogP contribution in [0.3, 0.4) is 0 Å². The molecule has 5 heteroatoms. The first kappa shape index (κ1) is 11.2. The average Bonchev–Trinajstić information content (AvgIpc) is 2.33. The number of aromatic nitrogens is 1. The summed E-state index contributed by atoms with van der Waals surface area (Å²) in [5.74, 6) is -0.428. The van der Waals surface area contributed by atoms with Gasteiger partial charge < -0.3 is 14.4 Å². The van der Waals surface area contributed by atoms with E-state index in [-0.39, 0.29) is 5.69 Å². The Morgan fingerprint density at radius 1 is 1.35 bits per heavy atom. The Labute approximate surface area is 96.5 Å². The lowest BCUT2D eigenvalue weighted by atomic mass is 10.2. The molecule has 1 N–H and O–H groups in total. The molecule has 0 aliphatic rings. The molecule has 1 aromatic carbocycles. The lowest BCUT2D eigenvalue weighted by Crippen LogP contribution is -2.05. The summed E-state index contributed by atoms with van der Waals surface area (Å²) in [6.45, 7) is 0. The SMILES string of the molecule is COc1ccc(F)c(-n2ccc(=O)c(O)c2)c1. The van der Waals surface area contributed by atoms with Gasteiger partial charge in [-0.05, 0) is 12.1 Å². The van der Waals surface area contributed by atoms with Gasteiger partial charge in [-0.2, -0.15) is 0 Å². The van der Waals surface area contributed by atoms with Gasteiger partial charge in [0.15, 0.2) is 5.75 Å². The summed E-state index contributed by atoms with van der Waals surface area (Å²) in [5.41, 5.74) is -0.316. The van der Waals surface area contributed by atoms with E-state index in [0.29, 0.717) is 5.75 Å². The van der Waals surface area contributed by atoms with E-state index >= 15 is 0 Å². The molecule has 0 unspecified atom stereocenters. The second-order valence-corrected chi connectivity index (χ2v) is 3.42. The molecule has 88 valence electrons. The largest absolute Gasteiger partial charge is 0.503 e. The van der Waals surface area contributed by atoms with Crippen molar-refractivity contribution in [2.75, 3.05) is 7.11 Å². The summed E-state index contributed by atoms with van der Waals surface area (Å²) < 4.78 is 19.9. The van der Waals surface area contributed by atoms with Gasteiger partial charge in [-0.25, -0.2) is 4.39 Å². The van der Waals surface area contributed by atoms with Crippen molar-refractivity contribution in [2.24, 2.45) is 0 Å². The van der Waals surface area contributed by atoms with Crippen LogP contribution >= 0.6 is 0 Å². The highest BCUT2D eigenvalue weighted by atomic mass is 19.1. The minimum Gasteiger partial charge on any atom is -0.503 e. The Morgan fingerprint density at radius 3 is 2.76 bits per heavy atom. The number of ether oxygens (including phenoxy) is 1. The number of pyridine rings is 1. The number of halogens is 1. The van der Waals surface area contributed by atoms with Gasteiger partial charge in [0.2, 0.25) is 5.43 Å². The monoisotopic (exact) mass is 235 g/mol. The van der Waals surface area contributed by atoms with Gasteiger partial charge in [-0.15, -0.1) is 0 Å². The van der Waals surface area contributed by atoms with Crippen LogP contribution in [-0.2, 0) is 0 Å². The number of hydrogen-bond acceptors (Lipinski definition) is 3. The summed E-state index contributed by atoms with van der Waals surface area (Å²) in [5, 5.41) is 9.29. The van der Waals surface area contributed by atoms with Crippen LogP contribution in [0.4, 0.5) is 4.39 Å². The third-order valence-corrected chi connectivity index (χ3v) is 2.33. The van der Waals surface area contributed by atoms with Crippen molar-refractivity contribution in [3.63, 3.8) is 0 Å². The van der Waals surface area contributed by atoms with E-state index in [0.717, 1.165) is 12.3 Å². The van der Waals surface area contributed by atoms with Crippen LogP contribution in [-0.4, -0.2) is 16.8 Å². The molecular weight excluding hydrogens is 225 g/mol. The zero-order chi connectivity index (χ0) is 12.4. The molecule has 2 rings (SSSR count). The molecule has 1 aromatic heterocycles. The Morgan fingerprint density at radius 2 is 2.12 bits per heavy atom. The van der Waals surface area contributed by atoms with Crippen molar-refractivity contribution >= 4 is 0 Å². The standard InChI is InChI=1S/C12H10FNO3/c1-17-8-2-3-9(13)10(6-8)14-5-4-11(15)12(16)7-14/h2-7,16H,1H3. The van der Waals surface area contributed by atoms with E-state index in [1.165, 1.54) is 36.1 Å². The van der Waals surface area contributed by atoms with Gasteiger partial charge in [-0.1, -0.05) is 0 Å². The Balaban J connectivity index is 2.59. The molecule has 0 spiro atoms. The van der Waals surface area contributed by atoms with Gasteiger partial charge in [-0.3, -0.25) is 4.79 Å². The number of benzene rings is 1. The average molecular weight is 235 g/mol. The zero-order valence-corrected chi connectivity index (χ0v) is 9.05. The molecule has 0 fully saturated rings. The molecule has 1 heterocycles. The smallest absolute Gasteiger partial charge is 0.223 e. The minimum absolute atomic E-state index is 0.194. The van der Waals surface area contributed by atoms with Crippen LogP contribution < -0.4 is 10.2 Å². The zero-order valence-electron chi connectivity index (χ0n) is 9.05. The van der Waals surface area contributed by atoms with Crippen molar-refractivity contribution in [2.45, 2.75) is 0 Å². The van der Waals surface area contributed by atoms with Crippen molar-refractivity contribution in [3.8, 4) is 17.2 Å². The highest BCUT2D eigenvalue weighted by Gasteiger charge is 2.06. The Bertz CT molecular complexity index is 607. The number of aromatic hydroxyl groups is 1. The second kappa shape index (κ2) is 4.29. The fourth-order valence-corrected chi connectivity index (χ4v) is 1.44. The Kier molecular flexibility index (Phi) is 2.82. The molecule has 0 aliphatic heterocycles. The van der Waals surface area contributed by atoms with Crippen molar-refractivity contribution in [1.82, 2.24) is 4.57 Å². The van der Waals surface area contributed by atoms with Gasteiger partial charge in [0.25, 0.3) is 0 Å². The number of methoxy groups -OCH3 is 1. The maximum atomic E-state index is 13.6. The fraction of sp³-hybridized carbons (Fsp3) is 0.0833. The fourth-order valence-electron chi connectivity index (χ4n) is 1.44. The first-order valence-electron chi connectivity index (χ1n) is 4.87. The quantitative estimate of drug-likeness (QED) is 0.861. The van der Waals surface area contributed by atoms with Gasteiger partial charge in [0, 0.05) is 18.3 Å². The number of hydrogen-bond donors (Lipinski definition) is 1. The molecule has 0 bridgehead atoms. The molecule has 4 nitrogen and oxygen atoms in total. The van der Waals surface area contributed by atoms with E-state index in [2.05, 4.69) is 0 Å². The van der Waals surface area contributed by atoms with E-state index in [1.54, 1.807) is 0 Å². The predicted molar refractivity (Wildman–Crippen MR) is 60.2 cm³/mol. The molecule has 17 heavy (non-hydrogen) atoms. The molecule has 0 atom stereocenters. The number of rotatable bonds is 2. The van der Waals surface area contributed by atoms with E-state index in [4.69, 9.17) is 4.74 Å². The normalized spacial score (nSPS) is 10.2. The van der Waals surface area contributed by atoms with E-state index in [1.807, 2.05) is 0 Å². The minimum atomic E-state index is -0.510. The first-order chi connectivity index (χ1) is 8.11. The van der Waals surface area contributed by atoms with Gasteiger partial charge >= 0.3 is 0 Å². The Hall–Kier alpha value is -2.30. The highest BCUT2D eigenvalue weighted by molar-refractivity contribution is 5.41. The van der Waals surface area contributed by atoms with E-state index in [9.17, 15) is 14.3 Å². The molecule has 0 saturated carbocycles. The van der Waals surface area contributed by atoms with Crippen LogP contribution in [0.5, 0.6) is 11.5 Å². The van der Waals surface area contributed by atoms with Crippen LogP contribution in [0.25, 0.3) is 5.69 Å². The third-order valence-electron chi connectivity index (χ3n) is 2.33. The lowest BCUT2D eigenvalue weighted by molar-refractivity contribution is 0.413. The maximum absolute atomic E-state index is 13.6. The predicted octanol–water partition coefficient (Wildman–Crippen LogP) is 1.69.